The van der Waals surface area contributed by atoms with E-state index in [1.54, 1.807) is 54.7 Å². The zero-order chi connectivity index (χ0) is 25.7. The lowest BCUT2D eigenvalue weighted by Gasteiger charge is -2.22. The number of fused-ring (bicyclic) bond motifs is 1. The number of nitrogens with two attached hydrogens (primary N) is 2. The van der Waals surface area contributed by atoms with Crippen LogP contribution in [0.25, 0.3) is 10.9 Å². The summed E-state index contributed by atoms with van der Waals surface area (Å²) in [7, 11) is 0. The van der Waals surface area contributed by atoms with Crippen LogP contribution in [-0.2, 0) is 16.0 Å². The molecule has 4 aromatic rings. The standard InChI is InChI=1S/C27H26N6O3/c28-24(29)17-9-6-10-18(13-17)26(35)33-23(16-7-2-1-3-8-16)27(36)32-22(25(30)34)14-19-15-31-21-12-5-4-11-20(19)21/h1-13,15,22-23,31H,14H2,(H3,28,29)(H2,30,34)(H,32,36)(H,33,35)/t22-,23-/m1/s1. The van der Waals surface area contributed by atoms with Gasteiger partial charge in [-0.2, -0.15) is 0 Å². The van der Waals surface area contributed by atoms with Crippen molar-refractivity contribution in [1.29, 1.82) is 5.41 Å². The molecule has 0 unspecified atom stereocenters. The molecule has 0 aliphatic rings. The van der Waals surface area contributed by atoms with Gasteiger partial charge in [0.05, 0.1) is 0 Å². The van der Waals surface area contributed by atoms with E-state index in [2.05, 4.69) is 15.6 Å². The highest BCUT2D eigenvalue weighted by Crippen LogP contribution is 2.20. The highest BCUT2D eigenvalue weighted by molar-refractivity contribution is 6.02. The molecule has 3 aromatic carbocycles. The molecule has 9 heteroatoms. The second kappa shape index (κ2) is 10.6. The van der Waals surface area contributed by atoms with Crippen LogP contribution in [0.1, 0.15) is 33.1 Å². The summed E-state index contributed by atoms with van der Waals surface area (Å²) < 4.78 is 0. The summed E-state index contributed by atoms with van der Waals surface area (Å²) in [6.45, 7) is 0. The number of amides is 3. The molecule has 0 aliphatic carbocycles. The fourth-order valence-electron chi connectivity index (χ4n) is 3.99. The maximum atomic E-state index is 13.4. The van der Waals surface area contributed by atoms with Gasteiger partial charge in [-0.15, -0.1) is 0 Å². The van der Waals surface area contributed by atoms with Crippen molar-refractivity contribution >= 4 is 34.5 Å². The van der Waals surface area contributed by atoms with Gasteiger partial charge in [0.15, 0.2) is 0 Å². The van der Waals surface area contributed by atoms with Gasteiger partial charge in [0.1, 0.15) is 17.9 Å². The molecule has 0 saturated carbocycles. The molecule has 4 rings (SSSR count). The summed E-state index contributed by atoms with van der Waals surface area (Å²) in [6, 6.07) is 20.5. The minimum absolute atomic E-state index is 0.177. The van der Waals surface area contributed by atoms with E-state index in [0.29, 0.717) is 11.1 Å². The Morgan fingerprint density at radius 2 is 1.56 bits per heavy atom. The predicted octanol–water partition coefficient (Wildman–Crippen LogP) is 2.14. The van der Waals surface area contributed by atoms with Gasteiger partial charge in [-0.3, -0.25) is 19.8 Å². The number of nitrogen functional groups attached to an aromatic ring is 1. The molecule has 3 amide bonds. The van der Waals surface area contributed by atoms with Gasteiger partial charge in [0.2, 0.25) is 11.8 Å². The number of primary amides is 1. The number of carbonyl (C=O) groups is 3. The summed E-state index contributed by atoms with van der Waals surface area (Å²) in [5.41, 5.74) is 14.1. The van der Waals surface area contributed by atoms with Crippen molar-refractivity contribution in [3.63, 3.8) is 0 Å². The Kier molecular flexibility index (Phi) is 7.10. The SMILES string of the molecule is N=C(N)c1cccc(C(=O)N[C@@H](C(=O)N[C@H](Cc2c[nH]c3ccccc23)C(N)=O)c2ccccc2)c1. The van der Waals surface area contributed by atoms with Gasteiger partial charge >= 0.3 is 0 Å². The fourth-order valence-corrected chi connectivity index (χ4v) is 3.99. The first-order valence-corrected chi connectivity index (χ1v) is 11.3. The normalized spacial score (nSPS) is 12.4. The first-order valence-electron chi connectivity index (χ1n) is 11.3. The van der Waals surface area contributed by atoms with Crippen molar-refractivity contribution in [3.05, 3.63) is 107 Å². The number of aromatic nitrogens is 1. The maximum absolute atomic E-state index is 13.4. The average Bonchev–Trinajstić information content (AvgIpc) is 3.30. The Hall–Kier alpha value is -4.92. The summed E-state index contributed by atoms with van der Waals surface area (Å²) in [5.74, 6) is -1.99. The summed E-state index contributed by atoms with van der Waals surface area (Å²) in [6.07, 6.45) is 1.96. The third-order valence-corrected chi connectivity index (χ3v) is 5.87. The van der Waals surface area contributed by atoms with Crippen molar-refractivity contribution in [3.8, 4) is 0 Å². The maximum Gasteiger partial charge on any atom is 0.252 e. The van der Waals surface area contributed by atoms with E-state index >= 15 is 0 Å². The van der Waals surface area contributed by atoms with E-state index in [-0.39, 0.29) is 17.8 Å². The topological polar surface area (TPSA) is 167 Å². The Morgan fingerprint density at radius 1 is 0.861 bits per heavy atom. The molecule has 36 heavy (non-hydrogen) atoms. The second-order valence-electron chi connectivity index (χ2n) is 8.34. The lowest BCUT2D eigenvalue weighted by Crippen LogP contribution is -2.50. The molecule has 0 saturated heterocycles. The van der Waals surface area contributed by atoms with Gasteiger partial charge in [0.25, 0.3) is 5.91 Å². The Balaban J connectivity index is 1.57. The van der Waals surface area contributed by atoms with Crippen LogP contribution >= 0.6 is 0 Å². The molecule has 8 N–H and O–H groups in total. The molecule has 0 fully saturated rings. The van der Waals surface area contributed by atoms with Crippen LogP contribution in [0.15, 0.2) is 85.1 Å². The number of nitrogens with one attached hydrogen (secondary N) is 4. The predicted molar refractivity (Wildman–Crippen MR) is 137 cm³/mol. The quantitative estimate of drug-likeness (QED) is 0.159. The lowest BCUT2D eigenvalue weighted by molar-refractivity contribution is -0.128. The molecular formula is C27H26N6O3. The Labute approximate surface area is 207 Å². The van der Waals surface area contributed by atoms with Gasteiger partial charge in [-0.25, -0.2) is 0 Å². The Bertz CT molecular complexity index is 1430. The van der Waals surface area contributed by atoms with E-state index in [1.165, 1.54) is 6.07 Å². The third-order valence-electron chi connectivity index (χ3n) is 5.87. The van der Waals surface area contributed by atoms with Crippen molar-refractivity contribution in [2.24, 2.45) is 11.5 Å². The first-order chi connectivity index (χ1) is 17.3. The van der Waals surface area contributed by atoms with E-state index in [0.717, 1.165) is 16.5 Å². The van der Waals surface area contributed by atoms with Gasteiger partial charge in [-0.05, 0) is 29.3 Å². The van der Waals surface area contributed by atoms with Crippen LogP contribution in [-0.4, -0.2) is 34.6 Å². The number of rotatable bonds is 9. The molecule has 9 nitrogen and oxygen atoms in total. The monoisotopic (exact) mass is 482 g/mol. The molecule has 1 heterocycles. The van der Waals surface area contributed by atoms with Crippen LogP contribution in [0.3, 0.4) is 0 Å². The molecule has 0 aliphatic heterocycles. The van der Waals surface area contributed by atoms with Crippen molar-refractivity contribution in [2.75, 3.05) is 0 Å². The highest BCUT2D eigenvalue weighted by atomic mass is 16.2. The van der Waals surface area contributed by atoms with Crippen molar-refractivity contribution < 1.29 is 14.4 Å². The van der Waals surface area contributed by atoms with E-state index in [9.17, 15) is 14.4 Å². The first kappa shape index (κ1) is 24.2. The average molecular weight is 483 g/mol. The van der Waals surface area contributed by atoms with Crippen LogP contribution in [0.2, 0.25) is 0 Å². The van der Waals surface area contributed by atoms with E-state index < -0.39 is 29.8 Å². The van der Waals surface area contributed by atoms with Crippen LogP contribution in [0, 0.1) is 5.41 Å². The number of aromatic amines is 1. The number of hydrogen-bond acceptors (Lipinski definition) is 4. The second-order valence-corrected chi connectivity index (χ2v) is 8.34. The molecule has 182 valence electrons. The van der Waals surface area contributed by atoms with E-state index in [1.807, 2.05) is 24.3 Å². The highest BCUT2D eigenvalue weighted by Gasteiger charge is 2.28. The van der Waals surface area contributed by atoms with Gasteiger partial charge in [-0.1, -0.05) is 60.7 Å². The van der Waals surface area contributed by atoms with Crippen LogP contribution < -0.4 is 22.1 Å². The minimum atomic E-state index is -1.09. The number of H-pyrrole nitrogens is 1. The van der Waals surface area contributed by atoms with Crippen LogP contribution in [0.5, 0.6) is 0 Å². The van der Waals surface area contributed by atoms with Crippen molar-refractivity contribution in [2.45, 2.75) is 18.5 Å². The number of amidine groups is 1. The molecule has 0 radical (unpaired) electrons. The number of carbonyl (C=O) groups excluding carboxylic acids is 3. The zero-order valence-corrected chi connectivity index (χ0v) is 19.3. The summed E-state index contributed by atoms with van der Waals surface area (Å²) >= 11 is 0. The molecule has 0 bridgehead atoms. The van der Waals surface area contributed by atoms with Gasteiger partial charge in [0, 0.05) is 34.6 Å². The summed E-state index contributed by atoms with van der Waals surface area (Å²) in [5, 5.41) is 14.0. The smallest absolute Gasteiger partial charge is 0.252 e. The lowest BCUT2D eigenvalue weighted by atomic mass is 10.0. The molecular weight excluding hydrogens is 456 g/mol. The van der Waals surface area contributed by atoms with E-state index in [4.69, 9.17) is 16.9 Å². The Morgan fingerprint density at radius 3 is 2.28 bits per heavy atom. The zero-order valence-electron chi connectivity index (χ0n) is 19.3. The fraction of sp³-hybridized carbons (Fsp3) is 0.111. The number of para-hydroxylation sites is 1. The number of hydrogen-bond donors (Lipinski definition) is 6. The third kappa shape index (κ3) is 5.41. The van der Waals surface area contributed by atoms with Crippen molar-refractivity contribution in [1.82, 2.24) is 15.6 Å². The van der Waals surface area contributed by atoms with Crippen LogP contribution in [0.4, 0.5) is 0 Å². The molecule has 0 spiro atoms. The molecule has 2 atom stereocenters. The van der Waals surface area contributed by atoms with Gasteiger partial charge < -0.3 is 27.1 Å². The molecule has 1 aromatic heterocycles. The largest absolute Gasteiger partial charge is 0.384 e. The minimum Gasteiger partial charge on any atom is -0.384 e. The number of benzene rings is 3. The summed E-state index contributed by atoms with van der Waals surface area (Å²) in [4.78, 5) is 41.9.